The lowest BCUT2D eigenvalue weighted by Gasteiger charge is -2.15. The molecule has 1 rings (SSSR count). The molecule has 0 bridgehead atoms. The number of nitrogens with zero attached hydrogens (tertiary/aromatic N) is 2. The van der Waals surface area contributed by atoms with E-state index in [1.807, 2.05) is 12.3 Å². The number of thiazole rings is 1. The number of carbonyl (C=O) groups is 1. The number of rotatable bonds is 4. The van der Waals surface area contributed by atoms with Crippen LogP contribution in [-0.4, -0.2) is 29.5 Å². The molecule has 82 valence electrons. The molecular weight excluding hydrogens is 210 g/mol. The van der Waals surface area contributed by atoms with Crippen LogP contribution in [0.5, 0.6) is 0 Å². The van der Waals surface area contributed by atoms with E-state index in [2.05, 4.69) is 16.9 Å². The Morgan fingerprint density at radius 1 is 1.80 bits per heavy atom. The second-order valence-corrected chi connectivity index (χ2v) is 4.25. The lowest BCUT2D eigenvalue weighted by atomic mass is 10.4. The van der Waals surface area contributed by atoms with Crippen LogP contribution in [0, 0.1) is 6.92 Å². The molecule has 15 heavy (non-hydrogen) atoms. The van der Waals surface area contributed by atoms with Crippen LogP contribution in [0.15, 0.2) is 18.0 Å². The van der Waals surface area contributed by atoms with E-state index < -0.39 is 0 Å². The Hall–Kier alpha value is -1.36. The van der Waals surface area contributed by atoms with E-state index in [9.17, 15) is 4.79 Å². The van der Waals surface area contributed by atoms with Gasteiger partial charge in [0.25, 0.3) is 0 Å². The first kappa shape index (κ1) is 11.7. The zero-order valence-electron chi connectivity index (χ0n) is 8.99. The molecule has 0 saturated heterocycles. The van der Waals surface area contributed by atoms with Gasteiger partial charge in [-0.2, -0.15) is 0 Å². The number of hydrogen-bond donors (Lipinski definition) is 1. The normalized spacial score (nSPS) is 9.73. The van der Waals surface area contributed by atoms with Gasteiger partial charge in [0.15, 0.2) is 0 Å². The fourth-order valence-electron chi connectivity index (χ4n) is 1.09. The molecule has 1 aromatic rings. The Bertz CT molecular complexity index is 348. The van der Waals surface area contributed by atoms with Crippen molar-refractivity contribution in [3.8, 4) is 0 Å². The van der Waals surface area contributed by atoms with Gasteiger partial charge in [-0.15, -0.1) is 17.9 Å². The van der Waals surface area contributed by atoms with Gasteiger partial charge in [0.05, 0.1) is 17.2 Å². The first-order valence-electron chi connectivity index (χ1n) is 4.64. The number of hydrogen-bond acceptors (Lipinski definition) is 3. The van der Waals surface area contributed by atoms with E-state index in [1.165, 1.54) is 0 Å². The van der Waals surface area contributed by atoms with Gasteiger partial charge in [-0.25, -0.2) is 9.78 Å². The number of aromatic nitrogens is 1. The van der Waals surface area contributed by atoms with Crippen molar-refractivity contribution in [1.29, 1.82) is 0 Å². The van der Waals surface area contributed by atoms with Crippen LogP contribution < -0.4 is 5.32 Å². The highest BCUT2D eigenvalue weighted by Crippen LogP contribution is 2.09. The fraction of sp³-hybridized carbons (Fsp3) is 0.400. The molecule has 2 amide bonds. The summed E-state index contributed by atoms with van der Waals surface area (Å²) in [6.45, 7) is 6.51. The summed E-state index contributed by atoms with van der Waals surface area (Å²) in [6.07, 6.45) is 1.65. The molecule has 0 fully saturated rings. The predicted molar refractivity (Wildman–Crippen MR) is 61.9 cm³/mol. The van der Waals surface area contributed by atoms with Crippen molar-refractivity contribution >= 4 is 17.4 Å². The smallest absolute Gasteiger partial charge is 0.317 e. The molecule has 0 spiro atoms. The summed E-state index contributed by atoms with van der Waals surface area (Å²) in [7, 11) is 1.74. The SMILES string of the molecule is C=CCNC(=O)N(C)Cc1csc(C)n1. The summed E-state index contributed by atoms with van der Waals surface area (Å²) < 4.78 is 0. The lowest BCUT2D eigenvalue weighted by molar-refractivity contribution is 0.207. The number of aryl methyl sites for hydroxylation is 1. The molecule has 0 unspecified atom stereocenters. The van der Waals surface area contributed by atoms with Crippen molar-refractivity contribution in [3.63, 3.8) is 0 Å². The van der Waals surface area contributed by atoms with Crippen molar-refractivity contribution in [1.82, 2.24) is 15.2 Å². The minimum Gasteiger partial charge on any atom is -0.335 e. The molecule has 5 heteroatoms. The molecule has 0 atom stereocenters. The van der Waals surface area contributed by atoms with Gasteiger partial charge in [0.2, 0.25) is 0 Å². The minimum atomic E-state index is -0.111. The fourth-order valence-corrected chi connectivity index (χ4v) is 1.69. The molecule has 0 aliphatic rings. The topological polar surface area (TPSA) is 45.2 Å². The van der Waals surface area contributed by atoms with Gasteiger partial charge in [-0.05, 0) is 6.92 Å². The van der Waals surface area contributed by atoms with E-state index >= 15 is 0 Å². The Morgan fingerprint density at radius 3 is 3.07 bits per heavy atom. The van der Waals surface area contributed by atoms with Gasteiger partial charge >= 0.3 is 6.03 Å². The highest BCUT2D eigenvalue weighted by Gasteiger charge is 2.08. The van der Waals surface area contributed by atoms with Gasteiger partial charge in [-0.1, -0.05) is 6.08 Å². The van der Waals surface area contributed by atoms with Crippen molar-refractivity contribution in [2.75, 3.05) is 13.6 Å². The number of urea groups is 1. The summed E-state index contributed by atoms with van der Waals surface area (Å²) in [5.74, 6) is 0. The van der Waals surface area contributed by atoms with Crippen LogP contribution in [0.2, 0.25) is 0 Å². The Balaban J connectivity index is 2.44. The van der Waals surface area contributed by atoms with Gasteiger partial charge in [-0.3, -0.25) is 0 Å². The van der Waals surface area contributed by atoms with Gasteiger partial charge in [0.1, 0.15) is 0 Å². The van der Waals surface area contributed by atoms with Crippen LogP contribution in [0.1, 0.15) is 10.7 Å². The molecule has 0 aliphatic carbocycles. The Labute approximate surface area is 93.6 Å². The van der Waals surface area contributed by atoms with Gasteiger partial charge in [0, 0.05) is 19.0 Å². The largest absolute Gasteiger partial charge is 0.335 e. The molecule has 1 N–H and O–H groups in total. The lowest BCUT2D eigenvalue weighted by Crippen LogP contribution is -2.36. The first-order chi connectivity index (χ1) is 7.13. The van der Waals surface area contributed by atoms with E-state index in [1.54, 1.807) is 29.4 Å². The average Bonchev–Trinajstić information content (AvgIpc) is 2.60. The maximum atomic E-state index is 11.5. The zero-order chi connectivity index (χ0) is 11.3. The van der Waals surface area contributed by atoms with E-state index in [0.29, 0.717) is 13.1 Å². The Kier molecular flexibility index (Phi) is 4.30. The standard InChI is InChI=1S/C10H15N3OS/c1-4-5-11-10(14)13(3)6-9-7-15-8(2)12-9/h4,7H,1,5-6H2,2-3H3,(H,11,14). The number of nitrogens with one attached hydrogen (secondary N) is 1. The summed E-state index contributed by atoms with van der Waals surface area (Å²) in [4.78, 5) is 17.3. The second kappa shape index (κ2) is 5.50. The maximum Gasteiger partial charge on any atom is 0.317 e. The van der Waals surface area contributed by atoms with Crippen LogP contribution >= 0.6 is 11.3 Å². The van der Waals surface area contributed by atoms with Crippen LogP contribution in [-0.2, 0) is 6.54 Å². The van der Waals surface area contributed by atoms with Crippen molar-refractivity contribution in [2.45, 2.75) is 13.5 Å². The molecule has 0 aliphatic heterocycles. The molecule has 0 radical (unpaired) electrons. The van der Waals surface area contributed by atoms with Crippen molar-refractivity contribution < 1.29 is 4.79 Å². The van der Waals surface area contributed by atoms with E-state index in [-0.39, 0.29) is 6.03 Å². The van der Waals surface area contributed by atoms with E-state index in [0.717, 1.165) is 10.7 Å². The number of amides is 2. The first-order valence-corrected chi connectivity index (χ1v) is 5.52. The third-order valence-corrected chi connectivity index (χ3v) is 2.63. The van der Waals surface area contributed by atoms with Gasteiger partial charge < -0.3 is 10.2 Å². The Morgan fingerprint density at radius 2 is 2.53 bits per heavy atom. The minimum absolute atomic E-state index is 0.111. The van der Waals surface area contributed by atoms with Crippen LogP contribution in [0.4, 0.5) is 4.79 Å². The maximum absolute atomic E-state index is 11.5. The second-order valence-electron chi connectivity index (χ2n) is 3.19. The summed E-state index contributed by atoms with van der Waals surface area (Å²) >= 11 is 1.59. The van der Waals surface area contributed by atoms with Crippen LogP contribution in [0.25, 0.3) is 0 Å². The number of carbonyl (C=O) groups excluding carboxylic acids is 1. The molecular formula is C10H15N3OS. The molecule has 1 aromatic heterocycles. The zero-order valence-corrected chi connectivity index (χ0v) is 9.80. The molecule has 1 heterocycles. The molecule has 0 aromatic carbocycles. The molecule has 0 saturated carbocycles. The van der Waals surface area contributed by atoms with Crippen molar-refractivity contribution in [2.24, 2.45) is 0 Å². The summed E-state index contributed by atoms with van der Waals surface area (Å²) in [5, 5.41) is 5.69. The summed E-state index contributed by atoms with van der Waals surface area (Å²) in [6, 6.07) is -0.111. The quantitative estimate of drug-likeness (QED) is 0.794. The average molecular weight is 225 g/mol. The van der Waals surface area contributed by atoms with Crippen LogP contribution in [0.3, 0.4) is 0 Å². The third-order valence-electron chi connectivity index (χ3n) is 1.81. The van der Waals surface area contributed by atoms with E-state index in [4.69, 9.17) is 0 Å². The highest BCUT2D eigenvalue weighted by atomic mass is 32.1. The highest BCUT2D eigenvalue weighted by molar-refractivity contribution is 7.09. The predicted octanol–water partition coefficient (Wildman–Crippen LogP) is 1.78. The summed E-state index contributed by atoms with van der Waals surface area (Å²) in [5.41, 5.74) is 0.925. The monoisotopic (exact) mass is 225 g/mol. The third kappa shape index (κ3) is 3.71. The van der Waals surface area contributed by atoms with Crippen molar-refractivity contribution in [3.05, 3.63) is 28.7 Å². The molecule has 4 nitrogen and oxygen atoms in total.